The van der Waals surface area contributed by atoms with Gasteiger partial charge in [0.15, 0.2) is 0 Å². The van der Waals surface area contributed by atoms with Crippen molar-refractivity contribution in [2.24, 2.45) is 0 Å². The number of fused-ring (bicyclic) bond motifs is 1. The number of nitrogens with zero attached hydrogens (tertiary/aromatic N) is 2. The standard InChI is InChI=1S/C30H23N3O3/c1-20-7-6-8-21(15-20)18-33-29(34)27(32-30(33)35)16-26-25-12-5-4-9-22(25)13-14-28(26)36-19-24-11-3-2-10-23(24)17-31/h2-16H,18-19H2,1H3,(H,32,35)/b27-16+. The summed E-state index contributed by atoms with van der Waals surface area (Å²) in [6.45, 7) is 2.35. The van der Waals surface area contributed by atoms with Crippen LogP contribution in [-0.4, -0.2) is 16.8 Å². The van der Waals surface area contributed by atoms with Gasteiger partial charge in [-0.05, 0) is 41.5 Å². The zero-order chi connectivity index (χ0) is 25.1. The second-order valence-electron chi connectivity index (χ2n) is 8.62. The maximum Gasteiger partial charge on any atom is 0.329 e. The maximum absolute atomic E-state index is 13.2. The van der Waals surface area contributed by atoms with E-state index in [9.17, 15) is 14.9 Å². The molecule has 0 saturated carbocycles. The van der Waals surface area contributed by atoms with E-state index in [0.29, 0.717) is 16.9 Å². The first-order valence-corrected chi connectivity index (χ1v) is 11.6. The van der Waals surface area contributed by atoms with E-state index >= 15 is 0 Å². The van der Waals surface area contributed by atoms with E-state index in [1.807, 2.05) is 85.8 Å². The Bertz CT molecular complexity index is 1570. The summed E-state index contributed by atoms with van der Waals surface area (Å²) in [6.07, 6.45) is 1.67. The van der Waals surface area contributed by atoms with Crippen LogP contribution in [0.15, 0.2) is 90.6 Å². The molecule has 1 saturated heterocycles. The molecular weight excluding hydrogens is 450 g/mol. The summed E-state index contributed by atoms with van der Waals surface area (Å²) in [5.41, 5.74) is 4.12. The number of rotatable bonds is 6. The first-order valence-electron chi connectivity index (χ1n) is 11.6. The molecular formula is C30H23N3O3. The predicted molar refractivity (Wildman–Crippen MR) is 138 cm³/mol. The Morgan fingerprint density at radius 3 is 2.61 bits per heavy atom. The minimum atomic E-state index is -0.460. The maximum atomic E-state index is 13.2. The summed E-state index contributed by atoms with van der Waals surface area (Å²) < 4.78 is 6.15. The fourth-order valence-electron chi connectivity index (χ4n) is 4.31. The number of nitrogens with one attached hydrogen (secondary N) is 1. The van der Waals surface area contributed by atoms with Gasteiger partial charge in [0.2, 0.25) is 0 Å². The molecule has 1 fully saturated rings. The normalized spacial score (nSPS) is 14.2. The average Bonchev–Trinajstić information content (AvgIpc) is 3.15. The van der Waals surface area contributed by atoms with Gasteiger partial charge in [-0.25, -0.2) is 4.79 Å². The molecule has 4 aromatic carbocycles. The Morgan fingerprint density at radius 1 is 0.972 bits per heavy atom. The van der Waals surface area contributed by atoms with Gasteiger partial charge in [0, 0.05) is 11.1 Å². The van der Waals surface area contributed by atoms with Crippen molar-refractivity contribution in [3.63, 3.8) is 0 Å². The van der Waals surface area contributed by atoms with Gasteiger partial charge in [0.1, 0.15) is 18.1 Å². The van der Waals surface area contributed by atoms with Crippen molar-refractivity contribution < 1.29 is 14.3 Å². The molecule has 0 aliphatic carbocycles. The van der Waals surface area contributed by atoms with Gasteiger partial charge in [-0.2, -0.15) is 5.26 Å². The summed E-state index contributed by atoms with van der Waals surface area (Å²) in [5.74, 6) is 0.156. The topological polar surface area (TPSA) is 82.4 Å². The van der Waals surface area contributed by atoms with Gasteiger partial charge < -0.3 is 10.1 Å². The third-order valence-corrected chi connectivity index (χ3v) is 6.13. The summed E-state index contributed by atoms with van der Waals surface area (Å²) in [4.78, 5) is 27.1. The first kappa shape index (κ1) is 22.9. The van der Waals surface area contributed by atoms with Crippen molar-refractivity contribution in [1.29, 1.82) is 5.26 Å². The molecule has 0 radical (unpaired) electrons. The zero-order valence-corrected chi connectivity index (χ0v) is 19.7. The van der Waals surface area contributed by atoms with E-state index in [-0.39, 0.29) is 18.8 Å². The van der Waals surface area contributed by atoms with Crippen LogP contribution >= 0.6 is 0 Å². The second kappa shape index (κ2) is 9.77. The van der Waals surface area contributed by atoms with E-state index in [4.69, 9.17) is 4.74 Å². The fourth-order valence-corrected chi connectivity index (χ4v) is 4.31. The third kappa shape index (κ3) is 4.55. The van der Waals surface area contributed by atoms with Crippen LogP contribution in [0.1, 0.15) is 27.8 Å². The van der Waals surface area contributed by atoms with Crippen molar-refractivity contribution in [3.05, 3.63) is 118 Å². The summed E-state index contributed by atoms with van der Waals surface area (Å²) in [7, 11) is 0. The highest BCUT2D eigenvalue weighted by Gasteiger charge is 2.33. The number of carbonyl (C=O) groups is 2. The molecule has 1 aliphatic rings. The highest BCUT2D eigenvalue weighted by molar-refractivity contribution is 6.14. The molecule has 3 amide bonds. The van der Waals surface area contributed by atoms with Gasteiger partial charge in [-0.1, -0.05) is 78.4 Å². The zero-order valence-electron chi connectivity index (χ0n) is 19.7. The van der Waals surface area contributed by atoms with Crippen LogP contribution in [-0.2, 0) is 17.9 Å². The number of aryl methyl sites for hydroxylation is 1. The van der Waals surface area contributed by atoms with Crippen LogP contribution in [0.5, 0.6) is 5.75 Å². The molecule has 36 heavy (non-hydrogen) atoms. The van der Waals surface area contributed by atoms with Crippen molar-refractivity contribution in [2.75, 3.05) is 0 Å². The molecule has 0 unspecified atom stereocenters. The lowest BCUT2D eigenvalue weighted by Crippen LogP contribution is -2.30. The third-order valence-electron chi connectivity index (χ3n) is 6.13. The summed E-state index contributed by atoms with van der Waals surface area (Å²) in [5, 5.41) is 14.0. The van der Waals surface area contributed by atoms with Crippen LogP contribution < -0.4 is 10.1 Å². The summed E-state index contributed by atoms with van der Waals surface area (Å²) >= 11 is 0. The largest absolute Gasteiger partial charge is 0.488 e. The lowest BCUT2D eigenvalue weighted by Gasteiger charge is -2.14. The monoisotopic (exact) mass is 473 g/mol. The van der Waals surface area contributed by atoms with Crippen LogP contribution in [0.25, 0.3) is 16.8 Å². The Balaban J connectivity index is 1.49. The SMILES string of the molecule is Cc1cccc(CN2C(=O)N/C(=C/c3c(OCc4ccccc4C#N)ccc4ccccc34)C2=O)c1. The van der Waals surface area contributed by atoms with Crippen molar-refractivity contribution in [3.8, 4) is 11.8 Å². The first-order chi connectivity index (χ1) is 17.5. The Hall–Kier alpha value is -4.89. The van der Waals surface area contributed by atoms with Gasteiger partial charge in [-0.15, -0.1) is 0 Å². The lowest BCUT2D eigenvalue weighted by atomic mass is 10.0. The van der Waals surface area contributed by atoms with E-state index in [1.165, 1.54) is 4.90 Å². The van der Waals surface area contributed by atoms with Crippen LogP contribution in [0.3, 0.4) is 0 Å². The summed E-state index contributed by atoms with van der Waals surface area (Å²) in [6, 6.07) is 28.3. The predicted octanol–water partition coefficient (Wildman–Crippen LogP) is 5.69. The molecule has 4 aromatic rings. The van der Waals surface area contributed by atoms with E-state index < -0.39 is 11.9 Å². The van der Waals surface area contributed by atoms with Gasteiger partial charge >= 0.3 is 6.03 Å². The highest BCUT2D eigenvalue weighted by atomic mass is 16.5. The number of carbonyl (C=O) groups excluding carboxylic acids is 2. The minimum absolute atomic E-state index is 0.186. The number of hydrogen-bond donors (Lipinski definition) is 1. The van der Waals surface area contributed by atoms with Gasteiger partial charge in [-0.3, -0.25) is 9.69 Å². The van der Waals surface area contributed by atoms with E-state index in [1.54, 1.807) is 12.1 Å². The molecule has 0 spiro atoms. The fraction of sp³-hybridized carbons (Fsp3) is 0.100. The Morgan fingerprint density at radius 2 is 1.78 bits per heavy atom. The van der Waals surface area contributed by atoms with Crippen molar-refractivity contribution in [1.82, 2.24) is 10.2 Å². The van der Waals surface area contributed by atoms with Crippen LogP contribution in [0, 0.1) is 18.3 Å². The number of urea groups is 1. The number of amides is 3. The second-order valence-corrected chi connectivity index (χ2v) is 8.62. The number of nitriles is 1. The van der Waals surface area contributed by atoms with Crippen LogP contribution in [0.4, 0.5) is 4.79 Å². The molecule has 176 valence electrons. The van der Waals surface area contributed by atoms with Gasteiger partial charge in [0.05, 0.1) is 18.2 Å². The van der Waals surface area contributed by atoms with E-state index in [0.717, 1.165) is 27.5 Å². The number of imide groups is 1. The molecule has 0 atom stereocenters. The molecule has 6 heteroatoms. The molecule has 0 aromatic heterocycles. The lowest BCUT2D eigenvalue weighted by molar-refractivity contribution is -0.123. The quantitative estimate of drug-likeness (QED) is 0.288. The molecule has 1 aliphatic heterocycles. The molecule has 1 N–H and O–H groups in total. The van der Waals surface area contributed by atoms with Crippen molar-refractivity contribution >= 4 is 28.8 Å². The van der Waals surface area contributed by atoms with Gasteiger partial charge in [0.25, 0.3) is 5.91 Å². The molecule has 0 bridgehead atoms. The Kier molecular flexibility index (Phi) is 6.21. The average molecular weight is 474 g/mol. The smallest absolute Gasteiger partial charge is 0.329 e. The minimum Gasteiger partial charge on any atom is -0.488 e. The number of ether oxygens (including phenoxy) is 1. The number of benzene rings is 4. The molecule has 5 rings (SSSR count). The number of hydrogen-bond acceptors (Lipinski definition) is 4. The van der Waals surface area contributed by atoms with Crippen molar-refractivity contribution in [2.45, 2.75) is 20.1 Å². The Labute approximate surface area is 209 Å². The van der Waals surface area contributed by atoms with E-state index in [2.05, 4.69) is 11.4 Å². The molecule has 1 heterocycles. The highest BCUT2D eigenvalue weighted by Crippen LogP contribution is 2.32. The van der Waals surface area contributed by atoms with Crippen LogP contribution in [0.2, 0.25) is 0 Å². The molecule has 6 nitrogen and oxygen atoms in total.